The number of carbonyl (C=O) groups is 1. The normalized spacial score (nSPS) is 22.6. The summed E-state index contributed by atoms with van der Waals surface area (Å²) in [4.78, 5) is 21.5. The van der Waals surface area contributed by atoms with Gasteiger partial charge in [-0.05, 0) is 44.5 Å². The van der Waals surface area contributed by atoms with Gasteiger partial charge < -0.3 is 9.80 Å². The lowest BCUT2D eigenvalue weighted by Gasteiger charge is -2.26. The highest BCUT2D eigenvalue weighted by Gasteiger charge is 2.38. The predicted molar refractivity (Wildman–Crippen MR) is 123 cm³/mol. The fourth-order valence-electron chi connectivity index (χ4n) is 4.45. The SMILES string of the molecule is N#CNC(=NCCN1CCCCC1)N1CC(N2CCCC2=O)C(c2ccc(Br)cc2)=N1. The average Bonchev–Trinajstić information content (AvgIpc) is 3.40. The van der Waals surface area contributed by atoms with Crippen LogP contribution in [0.3, 0.4) is 0 Å². The molecule has 1 atom stereocenters. The summed E-state index contributed by atoms with van der Waals surface area (Å²) in [6, 6.07) is 7.81. The van der Waals surface area contributed by atoms with Crippen molar-refractivity contribution in [2.75, 3.05) is 39.3 Å². The number of nitrogens with one attached hydrogen (secondary N) is 1. The number of halogens is 1. The minimum absolute atomic E-state index is 0.149. The number of rotatable bonds is 5. The Kier molecular flexibility index (Phi) is 7.20. The van der Waals surface area contributed by atoms with E-state index >= 15 is 0 Å². The number of likely N-dealkylation sites (tertiary alicyclic amines) is 2. The number of hydrogen-bond acceptors (Lipinski definition) is 5. The van der Waals surface area contributed by atoms with Gasteiger partial charge in [0.05, 0.1) is 24.8 Å². The number of aliphatic imine (C=N–C) groups is 1. The van der Waals surface area contributed by atoms with Crippen LogP contribution in [0, 0.1) is 11.5 Å². The van der Waals surface area contributed by atoms with Gasteiger partial charge in [-0.2, -0.15) is 10.4 Å². The first-order valence-corrected chi connectivity index (χ1v) is 11.8. The molecule has 2 saturated heterocycles. The summed E-state index contributed by atoms with van der Waals surface area (Å²) < 4.78 is 0.992. The Morgan fingerprint density at radius 2 is 1.97 bits per heavy atom. The third kappa shape index (κ3) is 5.25. The van der Waals surface area contributed by atoms with Crippen LogP contribution in [0.5, 0.6) is 0 Å². The van der Waals surface area contributed by atoms with Crippen LogP contribution in [0.2, 0.25) is 0 Å². The molecule has 1 amide bonds. The van der Waals surface area contributed by atoms with Crippen molar-refractivity contribution in [2.24, 2.45) is 10.1 Å². The van der Waals surface area contributed by atoms with E-state index < -0.39 is 0 Å². The molecule has 0 saturated carbocycles. The summed E-state index contributed by atoms with van der Waals surface area (Å²) >= 11 is 3.48. The monoisotopic (exact) mass is 485 g/mol. The van der Waals surface area contributed by atoms with Gasteiger partial charge in [0.2, 0.25) is 11.9 Å². The Morgan fingerprint density at radius 1 is 1.19 bits per heavy atom. The number of hydrogen-bond donors (Lipinski definition) is 1. The van der Waals surface area contributed by atoms with Crippen LogP contribution in [-0.4, -0.2) is 77.7 Å². The highest BCUT2D eigenvalue weighted by atomic mass is 79.9. The van der Waals surface area contributed by atoms with Gasteiger partial charge in [-0.25, -0.2) is 10.0 Å². The number of carbonyl (C=O) groups excluding carboxylic acids is 1. The quantitative estimate of drug-likeness (QED) is 0.299. The molecule has 9 heteroatoms. The molecule has 3 aliphatic heterocycles. The van der Waals surface area contributed by atoms with E-state index in [1.54, 1.807) is 5.01 Å². The molecule has 0 bridgehead atoms. The molecular formula is C22H28BrN7O. The summed E-state index contributed by atoms with van der Waals surface area (Å²) in [6.07, 6.45) is 7.24. The van der Waals surface area contributed by atoms with Gasteiger partial charge in [-0.1, -0.05) is 34.5 Å². The van der Waals surface area contributed by atoms with E-state index in [1.165, 1.54) is 19.3 Å². The van der Waals surface area contributed by atoms with Gasteiger partial charge in [0, 0.05) is 29.5 Å². The molecule has 0 aliphatic carbocycles. The number of hydrazone groups is 1. The van der Waals surface area contributed by atoms with Crippen molar-refractivity contribution >= 4 is 33.5 Å². The third-order valence-corrected chi connectivity index (χ3v) is 6.58. The largest absolute Gasteiger partial charge is 0.332 e. The summed E-state index contributed by atoms with van der Waals surface area (Å²) in [5, 5.41) is 18.6. The number of benzene rings is 1. The summed E-state index contributed by atoms with van der Waals surface area (Å²) in [5.41, 5.74) is 1.81. The molecule has 1 unspecified atom stereocenters. The highest BCUT2D eigenvalue weighted by molar-refractivity contribution is 9.10. The van der Waals surface area contributed by atoms with E-state index in [-0.39, 0.29) is 11.9 Å². The smallest absolute Gasteiger partial charge is 0.228 e. The lowest BCUT2D eigenvalue weighted by Crippen LogP contribution is -2.46. The van der Waals surface area contributed by atoms with E-state index in [2.05, 4.69) is 31.1 Å². The zero-order valence-corrected chi connectivity index (χ0v) is 19.2. The third-order valence-electron chi connectivity index (χ3n) is 6.05. The molecular weight excluding hydrogens is 458 g/mol. The van der Waals surface area contributed by atoms with Gasteiger partial charge in [-0.15, -0.1) is 0 Å². The number of piperidine rings is 1. The number of nitriles is 1. The number of nitrogens with zero attached hydrogens (tertiary/aromatic N) is 6. The Morgan fingerprint density at radius 3 is 2.65 bits per heavy atom. The van der Waals surface area contributed by atoms with E-state index in [9.17, 15) is 10.1 Å². The molecule has 2 fully saturated rings. The lowest BCUT2D eigenvalue weighted by atomic mass is 10.0. The molecule has 4 rings (SSSR count). The second-order valence-corrected chi connectivity index (χ2v) is 9.04. The van der Waals surface area contributed by atoms with E-state index in [4.69, 9.17) is 5.10 Å². The van der Waals surface area contributed by atoms with Gasteiger partial charge in [0.25, 0.3) is 0 Å². The van der Waals surface area contributed by atoms with Crippen molar-refractivity contribution in [3.63, 3.8) is 0 Å². The fourth-order valence-corrected chi connectivity index (χ4v) is 4.72. The van der Waals surface area contributed by atoms with Crippen molar-refractivity contribution in [1.82, 2.24) is 20.1 Å². The summed E-state index contributed by atoms with van der Waals surface area (Å²) in [7, 11) is 0. The first-order valence-electron chi connectivity index (χ1n) is 11.0. The second kappa shape index (κ2) is 10.2. The molecule has 0 aromatic heterocycles. The van der Waals surface area contributed by atoms with Crippen molar-refractivity contribution in [3.05, 3.63) is 34.3 Å². The van der Waals surface area contributed by atoms with Crippen LogP contribution in [0.1, 0.15) is 37.7 Å². The maximum absolute atomic E-state index is 12.5. The zero-order chi connectivity index (χ0) is 21.6. The van der Waals surface area contributed by atoms with Crippen LogP contribution >= 0.6 is 15.9 Å². The fraction of sp³-hybridized carbons (Fsp3) is 0.545. The van der Waals surface area contributed by atoms with Crippen molar-refractivity contribution in [3.8, 4) is 6.19 Å². The molecule has 31 heavy (non-hydrogen) atoms. The van der Waals surface area contributed by atoms with Crippen molar-refractivity contribution in [1.29, 1.82) is 5.26 Å². The molecule has 3 aliphatic rings. The maximum atomic E-state index is 12.5. The second-order valence-electron chi connectivity index (χ2n) is 8.13. The molecule has 0 spiro atoms. The maximum Gasteiger partial charge on any atom is 0.228 e. The van der Waals surface area contributed by atoms with E-state index in [0.717, 1.165) is 48.3 Å². The van der Waals surface area contributed by atoms with Crippen LogP contribution in [0.15, 0.2) is 38.8 Å². The Balaban J connectivity index is 1.54. The van der Waals surface area contributed by atoms with Crippen LogP contribution in [0.25, 0.3) is 0 Å². The number of amides is 1. The zero-order valence-electron chi connectivity index (χ0n) is 17.6. The van der Waals surface area contributed by atoms with Gasteiger partial charge >= 0.3 is 0 Å². The van der Waals surface area contributed by atoms with Gasteiger partial charge in [0.15, 0.2) is 6.19 Å². The first-order chi connectivity index (χ1) is 15.2. The molecule has 1 N–H and O–H groups in total. The minimum Gasteiger partial charge on any atom is -0.332 e. The van der Waals surface area contributed by atoms with Gasteiger partial charge in [0.1, 0.15) is 0 Å². The number of guanidine groups is 1. The molecule has 8 nitrogen and oxygen atoms in total. The Hall–Kier alpha value is -2.44. The molecule has 3 heterocycles. The average molecular weight is 486 g/mol. The first kappa shape index (κ1) is 21.8. The Labute approximate surface area is 191 Å². The predicted octanol–water partition coefficient (Wildman–Crippen LogP) is 2.37. The lowest BCUT2D eigenvalue weighted by molar-refractivity contribution is -0.128. The van der Waals surface area contributed by atoms with Gasteiger partial charge in [-0.3, -0.25) is 10.1 Å². The van der Waals surface area contributed by atoms with Crippen molar-refractivity contribution in [2.45, 2.75) is 38.1 Å². The van der Waals surface area contributed by atoms with Crippen LogP contribution < -0.4 is 5.32 Å². The molecule has 0 radical (unpaired) electrons. The molecule has 1 aromatic rings. The van der Waals surface area contributed by atoms with Crippen LogP contribution in [0.4, 0.5) is 0 Å². The standard InChI is InChI=1S/C22H28BrN7O/c23-18-8-6-17(7-9-18)21-19(29-13-4-5-20(29)31)15-30(27-21)22(26-16-24)25-10-14-28-11-2-1-3-12-28/h6-9,19H,1-5,10-15H2,(H,25,26). The minimum atomic E-state index is -0.149. The highest BCUT2D eigenvalue weighted by Crippen LogP contribution is 2.24. The summed E-state index contributed by atoms with van der Waals surface area (Å²) in [6.45, 7) is 4.95. The van der Waals surface area contributed by atoms with Crippen molar-refractivity contribution < 1.29 is 4.79 Å². The van der Waals surface area contributed by atoms with E-state index in [1.807, 2.05) is 35.4 Å². The van der Waals surface area contributed by atoms with Crippen LogP contribution in [-0.2, 0) is 4.79 Å². The summed E-state index contributed by atoms with van der Waals surface area (Å²) in [5.74, 6) is 0.608. The Bertz CT molecular complexity index is 886. The molecule has 164 valence electrons. The molecule has 1 aromatic carbocycles. The topological polar surface area (TPSA) is 87.3 Å². The van der Waals surface area contributed by atoms with E-state index in [0.29, 0.717) is 25.5 Å².